The van der Waals surface area contributed by atoms with Crippen LogP contribution in [0, 0.1) is 19.8 Å². The van der Waals surface area contributed by atoms with Crippen molar-refractivity contribution in [1.29, 1.82) is 0 Å². The summed E-state index contributed by atoms with van der Waals surface area (Å²) in [7, 11) is 2.07. The van der Waals surface area contributed by atoms with Crippen molar-refractivity contribution >= 4 is 40.8 Å². The number of nitrogens with one attached hydrogen (secondary N) is 1. The summed E-state index contributed by atoms with van der Waals surface area (Å²) in [6.45, 7) is 12.4. The van der Waals surface area contributed by atoms with E-state index >= 15 is 0 Å². The summed E-state index contributed by atoms with van der Waals surface area (Å²) in [4.78, 5) is 35.5. The van der Waals surface area contributed by atoms with Gasteiger partial charge in [-0.3, -0.25) is 14.7 Å². The predicted octanol–water partition coefficient (Wildman–Crippen LogP) is 10.4. The van der Waals surface area contributed by atoms with E-state index in [1.807, 2.05) is 68.4 Å². The molecule has 0 aliphatic carbocycles. The van der Waals surface area contributed by atoms with E-state index in [4.69, 9.17) is 32.7 Å². The van der Waals surface area contributed by atoms with Gasteiger partial charge in [0.1, 0.15) is 29.7 Å². The molecule has 1 amide bonds. The number of nitrogens with zero attached hydrogens (tertiary/aromatic N) is 3. The summed E-state index contributed by atoms with van der Waals surface area (Å²) in [5.41, 5.74) is 10.2. The zero-order valence-corrected chi connectivity index (χ0v) is 36.7. The number of benzene rings is 4. The molecule has 4 aromatic carbocycles. The van der Waals surface area contributed by atoms with Crippen LogP contribution in [-0.2, 0) is 29.0 Å². The first-order chi connectivity index (χ1) is 28.8. The van der Waals surface area contributed by atoms with Crippen molar-refractivity contribution in [2.75, 3.05) is 25.0 Å². The highest BCUT2D eigenvalue weighted by Gasteiger charge is 2.36. The van der Waals surface area contributed by atoms with Crippen LogP contribution in [0.1, 0.15) is 84.9 Å². The van der Waals surface area contributed by atoms with Crippen molar-refractivity contribution in [3.05, 3.63) is 140 Å². The molecule has 9 nitrogen and oxygen atoms in total. The number of amides is 1. The molecule has 314 valence electrons. The van der Waals surface area contributed by atoms with E-state index in [1.165, 1.54) is 0 Å². The zero-order valence-electron chi connectivity index (χ0n) is 35.2. The monoisotopic (exact) mass is 848 g/mol. The van der Waals surface area contributed by atoms with Gasteiger partial charge >= 0.3 is 5.97 Å². The van der Waals surface area contributed by atoms with Gasteiger partial charge in [-0.15, -0.1) is 0 Å². The van der Waals surface area contributed by atoms with Crippen LogP contribution < -0.4 is 19.7 Å². The molecule has 2 aliphatic rings. The van der Waals surface area contributed by atoms with Gasteiger partial charge in [-0.2, -0.15) is 0 Å². The molecule has 0 fully saturated rings. The fourth-order valence-corrected chi connectivity index (χ4v) is 8.66. The number of rotatable bonds is 13. The highest BCUT2D eigenvalue weighted by molar-refractivity contribution is 6.42. The summed E-state index contributed by atoms with van der Waals surface area (Å²) in [6.07, 6.45) is 3.66. The number of carbonyl (C=O) groups excluding carboxylic acids is 1. The van der Waals surface area contributed by atoms with Crippen LogP contribution >= 0.6 is 23.2 Å². The molecule has 0 saturated heterocycles. The Morgan fingerprint density at radius 2 is 1.72 bits per heavy atom. The second-order valence-electron chi connectivity index (χ2n) is 16.6. The molecule has 3 heterocycles. The lowest BCUT2D eigenvalue weighted by atomic mass is 9.91. The Kier molecular flexibility index (Phi) is 13.4. The fourth-order valence-electron chi connectivity index (χ4n) is 8.35. The van der Waals surface area contributed by atoms with Crippen LogP contribution in [0.5, 0.6) is 11.5 Å². The first-order valence-electron chi connectivity index (χ1n) is 20.8. The van der Waals surface area contributed by atoms with Gasteiger partial charge in [-0.1, -0.05) is 86.4 Å². The Morgan fingerprint density at radius 1 is 0.967 bits per heavy atom. The number of aryl methyl sites for hydroxylation is 1. The van der Waals surface area contributed by atoms with Crippen molar-refractivity contribution in [3.63, 3.8) is 0 Å². The minimum absolute atomic E-state index is 0.165. The minimum Gasteiger partial charge on any atom is -0.486 e. The SMILES string of the molecule is CC[C@@H](Oc1ccc([C@H]2CCN(C)c3cc4c(cc3O2)CN(CC(C)C)[C@H](C(=O)N[C@@H](Cc2ccc(-c3ccnc(C)c3C)cc2)C(=O)O)C4)cc1)c1ccc(Cl)c(Cl)c1. The third kappa shape index (κ3) is 9.75. The van der Waals surface area contributed by atoms with Gasteiger partial charge in [0.25, 0.3) is 0 Å². The molecule has 60 heavy (non-hydrogen) atoms. The molecular weight excluding hydrogens is 795 g/mol. The van der Waals surface area contributed by atoms with Crippen LogP contribution in [-0.4, -0.2) is 59.1 Å². The summed E-state index contributed by atoms with van der Waals surface area (Å²) in [5, 5.41) is 14.2. The lowest BCUT2D eigenvalue weighted by Crippen LogP contribution is -2.55. The van der Waals surface area contributed by atoms with Crippen molar-refractivity contribution in [2.45, 2.75) is 91.1 Å². The number of halogens is 2. The molecule has 0 radical (unpaired) electrons. The Hall–Kier alpha value is -5.09. The molecule has 2 N–H and O–H groups in total. The molecule has 0 saturated carbocycles. The Balaban J connectivity index is 1.05. The fraction of sp³-hybridized carbons (Fsp3) is 0.367. The summed E-state index contributed by atoms with van der Waals surface area (Å²) in [6, 6.07) is 26.3. The number of carbonyl (C=O) groups is 2. The van der Waals surface area contributed by atoms with E-state index in [9.17, 15) is 14.7 Å². The summed E-state index contributed by atoms with van der Waals surface area (Å²) in [5.74, 6) is 0.524. The van der Waals surface area contributed by atoms with E-state index in [0.717, 1.165) is 86.8 Å². The number of hydrogen-bond donors (Lipinski definition) is 2. The number of fused-ring (bicyclic) bond motifs is 2. The van der Waals surface area contributed by atoms with Crippen LogP contribution in [0.2, 0.25) is 10.0 Å². The van der Waals surface area contributed by atoms with Crippen LogP contribution in [0.25, 0.3) is 11.1 Å². The molecule has 5 aromatic rings. The largest absolute Gasteiger partial charge is 0.486 e. The molecule has 0 spiro atoms. The molecular formula is C49H54Cl2N4O5. The number of ether oxygens (including phenoxy) is 2. The molecule has 4 atom stereocenters. The molecule has 2 aliphatic heterocycles. The maximum atomic E-state index is 14.1. The maximum absolute atomic E-state index is 14.1. The normalized spacial score (nSPS) is 17.5. The van der Waals surface area contributed by atoms with Gasteiger partial charge in [0.15, 0.2) is 0 Å². The molecule has 7 rings (SSSR count). The topological polar surface area (TPSA) is 104 Å². The van der Waals surface area contributed by atoms with Gasteiger partial charge in [0, 0.05) is 51.4 Å². The second kappa shape index (κ2) is 18.7. The van der Waals surface area contributed by atoms with Gasteiger partial charge in [-0.05, 0) is 120 Å². The molecule has 0 bridgehead atoms. The number of pyridine rings is 1. The molecule has 0 unspecified atom stereocenters. The van der Waals surface area contributed by atoms with Crippen LogP contribution in [0.3, 0.4) is 0 Å². The standard InChI is InChI=1S/C49H54Cl2N4O5/c1-7-45(35-14-17-40(50)41(51)23-35)59-38-15-12-34(13-16-38)46-19-21-54(6)43-24-36-25-44(55(27-29(2)3)28-37(36)26-47(43)60-46)48(56)53-42(49(57)58)22-32-8-10-33(11-9-32)39-18-20-52-31(5)30(39)4/h8-18,20,23-24,26,29,42,44-46H,7,19,21-22,25,27-28H2,1-6H3,(H,53,56)(H,57,58)/t42-,44-,45+,46+/m0/s1. The molecule has 1 aromatic heterocycles. The lowest BCUT2D eigenvalue weighted by Gasteiger charge is -2.38. The van der Waals surface area contributed by atoms with Crippen molar-refractivity contribution in [2.24, 2.45) is 5.92 Å². The highest BCUT2D eigenvalue weighted by atomic mass is 35.5. The van der Waals surface area contributed by atoms with Gasteiger partial charge < -0.3 is 24.8 Å². The number of anilines is 1. The second-order valence-corrected chi connectivity index (χ2v) is 17.4. The van der Waals surface area contributed by atoms with E-state index in [2.05, 4.69) is 72.2 Å². The smallest absolute Gasteiger partial charge is 0.326 e. The predicted molar refractivity (Wildman–Crippen MR) is 239 cm³/mol. The van der Waals surface area contributed by atoms with E-state index < -0.39 is 18.1 Å². The summed E-state index contributed by atoms with van der Waals surface area (Å²) < 4.78 is 13.2. The van der Waals surface area contributed by atoms with Gasteiger partial charge in [-0.25, -0.2) is 4.79 Å². The van der Waals surface area contributed by atoms with Crippen molar-refractivity contribution in [3.8, 4) is 22.6 Å². The minimum atomic E-state index is -1.07. The quantitative estimate of drug-likeness (QED) is 0.121. The average molecular weight is 850 g/mol. The Bertz CT molecular complexity index is 2330. The average Bonchev–Trinajstić information content (AvgIpc) is 3.38. The number of hydrogen-bond acceptors (Lipinski definition) is 7. The van der Waals surface area contributed by atoms with E-state index in [0.29, 0.717) is 35.5 Å². The maximum Gasteiger partial charge on any atom is 0.326 e. The lowest BCUT2D eigenvalue weighted by molar-refractivity contribution is -0.142. The first kappa shape index (κ1) is 43.0. The Labute approximate surface area is 363 Å². The molecule has 11 heteroatoms. The number of aliphatic carboxylic acids is 1. The summed E-state index contributed by atoms with van der Waals surface area (Å²) >= 11 is 12.4. The number of aromatic nitrogens is 1. The highest BCUT2D eigenvalue weighted by Crippen LogP contribution is 2.41. The van der Waals surface area contributed by atoms with Crippen LogP contribution in [0.15, 0.2) is 91.1 Å². The van der Waals surface area contributed by atoms with E-state index in [1.54, 1.807) is 12.3 Å². The Morgan fingerprint density at radius 3 is 2.40 bits per heavy atom. The van der Waals surface area contributed by atoms with Crippen LogP contribution in [0.4, 0.5) is 5.69 Å². The zero-order chi connectivity index (χ0) is 42.7. The van der Waals surface area contributed by atoms with Gasteiger partial charge in [0.05, 0.1) is 21.8 Å². The van der Waals surface area contributed by atoms with Gasteiger partial charge in [0.2, 0.25) is 5.91 Å². The van der Waals surface area contributed by atoms with E-state index in [-0.39, 0.29) is 24.5 Å². The first-order valence-corrected chi connectivity index (χ1v) is 21.6. The number of carboxylic acids is 1. The van der Waals surface area contributed by atoms with Crippen molar-refractivity contribution in [1.82, 2.24) is 15.2 Å². The third-order valence-electron chi connectivity index (χ3n) is 11.8. The number of carboxylic acid groups (broad SMARTS) is 1. The van der Waals surface area contributed by atoms with Crippen molar-refractivity contribution < 1.29 is 24.2 Å². The third-order valence-corrected chi connectivity index (χ3v) is 12.5.